The molecule has 3 heterocycles. The fourth-order valence-corrected chi connectivity index (χ4v) is 4.46. The Morgan fingerprint density at radius 3 is 2.79 bits per heavy atom. The van der Waals surface area contributed by atoms with E-state index in [2.05, 4.69) is 16.7 Å². The molecular weight excluding hydrogens is 446 g/mol. The number of rotatable bonds is 6. The molecule has 1 fully saturated rings. The van der Waals surface area contributed by atoms with Crippen LogP contribution in [0.3, 0.4) is 0 Å². The number of allylic oxidation sites excluding steroid dienone is 5. The van der Waals surface area contributed by atoms with Gasteiger partial charge in [0, 0.05) is 18.7 Å². The zero-order valence-corrected chi connectivity index (χ0v) is 18.9. The maximum absolute atomic E-state index is 12.7. The molecule has 0 spiro atoms. The molecule has 1 saturated heterocycles. The number of amides is 1. The lowest BCUT2D eigenvalue weighted by molar-refractivity contribution is -0.134. The van der Waals surface area contributed by atoms with Gasteiger partial charge >= 0.3 is 0 Å². The van der Waals surface area contributed by atoms with Crippen molar-refractivity contribution in [2.45, 2.75) is 12.8 Å². The lowest BCUT2D eigenvalue weighted by Crippen LogP contribution is -2.41. The van der Waals surface area contributed by atoms with Crippen LogP contribution in [-0.2, 0) is 25.5 Å². The van der Waals surface area contributed by atoms with E-state index >= 15 is 0 Å². The summed E-state index contributed by atoms with van der Waals surface area (Å²) in [5, 5.41) is 4.91. The number of nitrogens with zero attached hydrogens (tertiary/aromatic N) is 4. The molecule has 4 rings (SSSR count). The third kappa shape index (κ3) is 4.64. The van der Waals surface area contributed by atoms with Gasteiger partial charge in [0.2, 0.25) is 16.7 Å². The first-order valence-corrected chi connectivity index (χ1v) is 11.1. The Morgan fingerprint density at radius 2 is 2.09 bits per heavy atom. The normalized spacial score (nSPS) is 17.8. The third-order valence-corrected chi connectivity index (χ3v) is 6.16. The second kappa shape index (κ2) is 9.51. The molecule has 0 atom stereocenters. The number of carbonyl (C=O) groups excluding carboxylic acids is 2. The highest BCUT2D eigenvalue weighted by molar-refractivity contribution is 7.16. The fourth-order valence-electron chi connectivity index (χ4n) is 3.57. The van der Waals surface area contributed by atoms with E-state index in [0.29, 0.717) is 53.8 Å². The standard InChI is InChI=1S/C22H23N5O5S/c1-3-4-14-9-13(11-16(31-2)19(14)29)10-15-20(23)27-22(24-21(15)30)33-17(25-27)12-18(28)26-5-7-32-8-6-26/h3,9-11H,1,4-8,12,23H2,2H3. The Hall–Kier alpha value is -3.57. The topological polar surface area (TPSA) is 129 Å². The van der Waals surface area contributed by atoms with Gasteiger partial charge in [0.25, 0.3) is 5.56 Å². The van der Waals surface area contributed by atoms with Gasteiger partial charge in [0.05, 0.1) is 32.3 Å². The molecular formula is C22H23N5O5S. The summed E-state index contributed by atoms with van der Waals surface area (Å²) in [7, 11) is 1.41. The predicted molar refractivity (Wildman–Crippen MR) is 124 cm³/mol. The van der Waals surface area contributed by atoms with Crippen LogP contribution in [0.25, 0.3) is 11.0 Å². The molecule has 2 aromatic rings. The number of nitrogens with two attached hydrogens (primary N) is 1. The lowest BCUT2D eigenvalue weighted by Gasteiger charge is -2.26. The quantitative estimate of drug-likeness (QED) is 0.624. The summed E-state index contributed by atoms with van der Waals surface area (Å²) in [4.78, 5) is 43.7. The largest absolute Gasteiger partial charge is 0.493 e. The van der Waals surface area contributed by atoms with E-state index in [1.54, 1.807) is 23.1 Å². The minimum absolute atomic E-state index is 0.0646. The van der Waals surface area contributed by atoms with Crippen LogP contribution in [0.15, 0.2) is 46.5 Å². The summed E-state index contributed by atoms with van der Waals surface area (Å²) in [6.45, 7) is 5.78. The Morgan fingerprint density at radius 1 is 1.33 bits per heavy atom. The van der Waals surface area contributed by atoms with Crippen LogP contribution in [0.2, 0.25) is 0 Å². The fraction of sp³-hybridized carbons (Fsp3) is 0.318. The van der Waals surface area contributed by atoms with Crippen molar-refractivity contribution in [2.75, 3.05) is 39.1 Å². The van der Waals surface area contributed by atoms with Crippen LogP contribution in [0.5, 0.6) is 0 Å². The average molecular weight is 470 g/mol. The Balaban J connectivity index is 1.68. The molecule has 33 heavy (non-hydrogen) atoms. The molecule has 0 bridgehead atoms. The summed E-state index contributed by atoms with van der Waals surface area (Å²) in [5.41, 5.74) is 6.92. The van der Waals surface area contributed by atoms with Crippen LogP contribution in [0, 0.1) is 0 Å². The number of aromatic nitrogens is 3. The summed E-state index contributed by atoms with van der Waals surface area (Å²) in [6, 6.07) is 0. The van der Waals surface area contributed by atoms with E-state index in [9.17, 15) is 14.4 Å². The average Bonchev–Trinajstić information content (AvgIpc) is 3.21. The van der Waals surface area contributed by atoms with Gasteiger partial charge in [0.1, 0.15) is 10.8 Å². The van der Waals surface area contributed by atoms with Crippen LogP contribution >= 0.6 is 11.3 Å². The van der Waals surface area contributed by atoms with Gasteiger partial charge in [-0.1, -0.05) is 17.4 Å². The molecule has 1 amide bonds. The number of nitrogen functional groups attached to an aromatic ring is 1. The number of ketones is 1. The smallest absolute Gasteiger partial charge is 0.283 e. The zero-order valence-electron chi connectivity index (χ0n) is 18.1. The Bertz CT molecular complexity index is 1280. The van der Waals surface area contributed by atoms with Crippen LogP contribution in [0.4, 0.5) is 5.82 Å². The lowest BCUT2D eigenvalue weighted by atomic mass is 9.95. The van der Waals surface area contributed by atoms with E-state index in [1.807, 2.05) is 0 Å². The van der Waals surface area contributed by atoms with Crippen molar-refractivity contribution in [3.8, 4) is 0 Å². The van der Waals surface area contributed by atoms with E-state index in [-0.39, 0.29) is 35.3 Å². The summed E-state index contributed by atoms with van der Waals surface area (Å²) < 4.78 is 11.8. The molecule has 2 aliphatic rings. The number of hydrogen-bond donors (Lipinski definition) is 1. The van der Waals surface area contributed by atoms with Gasteiger partial charge in [-0.05, 0) is 30.2 Å². The monoisotopic (exact) mass is 469 g/mol. The molecule has 0 saturated carbocycles. The molecule has 2 aromatic heterocycles. The van der Waals surface area contributed by atoms with Crippen molar-refractivity contribution >= 4 is 39.9 Å². The van der Waals surface area contributed by atoms with Crippen LogP contribution in [0.1, 0.15) is 17.0 Å². The minimum atomic E-state index is -0.530. The van der Waals surface area contributed by atoms with E-state index in [1.165, 1.54) is 17.7 Å². The summed E-state index contributed by atoms with van der Waals surface area (Å²) in [6.07, 6.45) is 6.81. The van der Waals surface area contributed by atoms with Crippen molar-refractivity contribution < 1.29 is 19.1 Å². The van der Waals surface area contributed by atoms with Crippen molar-refractivity contribution in [3.05, 3.63) is 62.6 Å². The number of hydrogen-bond acceptors (Lipinski definition) is 9. The van der Waals surface area contributed by atoms with Crippen molar-refractivity contribution in [1.29, 1.82) is 0 Å². The maximum Gasteiger partial charge on any atom is 0.283 e. The first-order valence-electron chi connectivity index (χ1n) is 10.3. The number of carbonyl (C=O) groups is 2. The number of anilines is 1. The van der Waals surface area contributed by atoms with Gasteiger partial charge in [-0.2, -0.15) is 14.6 Å². The summed E-state index contributed by atoms with van der Waals surface area (Å²) >= 11 is 1.15. The molecule has 10 nitrogen and oxygen atoms in total. The van der Waals surface area contributed by atoms with Crippen LogP contribution < -0.4 is 11.3 Å². The highest BCUT2D eigenvalue weighted by Gasteiger charge is 2.22. The number of Topliss-reactive ketones (excluding diaryl/α,β-unsaturated/α-hetero) is 1. The minimum Gasteiger partial charge on any atom is -0.493 e. The Kier molecular flexibility index (Phi) is 6.52. The van der Waals surface area contributed by atoms with Gasteiger partial charge in [0.15, 0.2) is 5.76 Å². The molecule has 0 aromatic carbocycles. The number of fused-ring (bicyclic) bond motifs is 1. The first-order chi connectivity index (χ1) is 15.9. The number of methoxy groups -OCH3 is 1. The molecule has 2 N–H and O–H groups in total. The van der Waals surface area contributed by atoms with Crippen LogP contribution in [-0.4, -0.2) is 64.6 Å². The van der Waals surface area contributed by atoms with E-state index in [0.717, 1.165) is 11.3 Å². The van der Waals surface area contributed by atoms with Gasteiger partial charge < -0.3 is 20.1 Å². The van der Waals surface area contributed by atoms with Crippen molar-refractivity contribution in [1.82, 2.24) is 19.5 Å². The van der Waals surface area contributed by atoms with E-state index < -0.39 is 5.56 Å². The van der Waals surface area contributed by atoms with Crippen molar-refractivity contribution in [2.24, 2.45) is 0 Å². The number of morpholine rings is 1. The van der Waals surface area contributed by atoms with E-state index in [4.69, 9.17) is 15.2 Å². The third-order valence-electron chi connectivity index (χ3n) is 5.25. The van der Waals surface area contributed by atoms with Gasteiger partial charge in [-0.3, -0.25) is 14.4 Å². The Labute approximate surface area is 193 Å². The molecule has 1 aliphatic heterocycles. The van der Waals surface area contributed by atoms with Crippen molar-refractivity contribution in [3.63, 3.8) is 0 Å². The SMILES string of the molecule is C=CCC1=CC(=Cc2c(N)n3nc(CC(=O)N4CCOCC4)sc3nc2=O)C=C(OC)C1=O. The molecule has 1 aliphatic carbocycles. The first kappa shape index (κ1) is 22.6. The predicted octanol–water partition coefficient (Wildman–Crippen LogP) is 1.13. The molecule has 172 valence electrons. The maximum atomic E-state index is 12.7. The zero-order chi connectivity index (χ0) is 23.5. The second-order valence-corrected chi connectivity index (χ2v) is 8.47. The molecule has 0 radical (unpaired) electrons. The van der Waals surface area contributed by atoms with Gasteiger partial charge in [-0.25, -0.2) is 0 Å². The highest BCUT2D eigenvalue weighted by Crippen LogP contribution is 2.25. The molecule has 0 unspecified atom stereocenters. The summed E-state index contributed by atoms with van der Waals surface area (Å²) in [5.74, 6) is -0.0419. The number of ether oxygens (including phenoxy) is 2. The second-order valence-electron chi connectivity index (χ2n) is 7.42. The van der Waals surface area contributed by atoms with Gasteiger partial charge in [-0.15, -0.1) is 6.58 Å². The highest BCUT2D eigenvalue weighted by atomic mass is 32.1. The molecule has 11 heteroatoms.